The van der Waals surface area contributed by atoms with Crippen molar-refractivity contribution in [2.75, 3.05) is 12.4 Å². The normalized spacial score (nSPS) is 11.3. The molecule has 0 unspecified atom stereocenters. The van der Waals surface area contributed by atoms with Crippen LogP contribution < -0.4 is 10.1 Å². The van der Waals surface area contributed by atoms with Gasteiger partial charge in [0.2, 0.25) is 0 Å². The second-order valence-electron chi connectivity index (χ2n) is 6.19. The first kappa shape index (κ1) is 18.6. The van der Waals surface area contributed by atoms with Gasteiger partial charge in [-0.1, -0.05) is 12.1 Å². The molecule has 3 rings (SSSR count). The van der Waals surface area contributed by atoms with E-state index in [0.29, 0.717) is 22.7 Å². The van der Waals surface area contributed by atoms with Crippen molar-refractivity contribution in [1.29, 1.82) is 0 Å². The molecule has 0 spiro atoms. The number of methoxy groups -OCH3 is 1. The standard InChI is InChI=1S/C20H19F2N3O2/c1-13-18(12-25(24-13)16-7-9-17(27-3)10-8-16)19(26)23-15-6-4-5-14(11-15)20(2,21)22/h4-12H,1-3H3,(H,23,26). The van der Waals surface area contributed by atoms with Gasteiger partial charge in [-0.25, -0.2) is 13.5 Å². The summed E-state index contributed by atoms with van der Waals surface area (Å²) < 4.78 is 33.6. The van der Waals surface area contributed by atoms with Crippen LogP contribution >= 0.6 is 0 Å². The van der Waals surface area contributed by atoms with Crippen LogP contribution in [-0.4, -0.2) is 22.8 Å². The molecular formula is C20H19F2N3O2. The van der Waals surface area contributed by atoms with Gasteiger partial charge < -0.3 is 10.1 Å². The number of aryl methyl sites for hydroxylation is 1. The number of nitrogens with one attached hydrogen (secondary N) is 1. The van der Waals surface area contributed by atoms with Gasteiger partial charge in [-0.2, -0.15) is 5.10 Å². The van der Waals surface area contributed by atoms with Crippen LogP contribution in [-0.2, 0) is 5.92 Å². The number of carbonyl (C=O) groups excluding carboxylic acids is 1. The van der Waals surface area contributed by atoms with E-state index in [9.17, 15) is 13.6 Å². The van der Waals surface area contributed by atoms with Crippen LogP contribution in [0.1, 0.15) is 28.5 Å². The maximum Gasteiger partial charge on any atom is 0.270 e. The Labute approximate surface area is 155 Å². The molecule has 0 aliphatic rings. The number of aromatic nitrogens is 2. The second kappa shape index (κ2) is 7.19. The fourth-order valence-corrected chi connectivity index (χ4v) is 2.62. The average Bonchev–Trinajstić information content (AvgIpc) is 3.03. The fourth-order valence-electron chi connectivity index (χ4n) is 2.62. The highest BCUT2D eigenvalue weighted by molar-refractivity contribution is 6.05. The van der Waals surface area contributed by atoms with Gasteiger partial charge in [0, 0.05) is 24.4 Å². The molecule has 0 saturated heterocycles. The molecule has 1 aromatic heterocycles. The quantitative estimate of drug-likeness (QED) is 0.716. The van der Waals surface area contributed by atoms with Gasteiger partial charge in [0.25, 0.3) is 11.8 Å². The number of benzene rings is 2. The smallest absolute Gasteiger partial charge is 0.270 e. The van der Waals surface area contributed by atoms with Crippen molar-refractivity contribution in [1.82, 2.24) is 9.78 Å². The van der Waals surface area contributed by atoms with Gasteiger partial charge in [-0.3, -0.25) is 4.79 Å². The van der Waals surface area contributed by atoms with Crippen LogP contribution in [0.25, 0.3) is 5.69 Å². The van der Waals surface area contributed by atoms with Crippen LogP contribution in [0.15, 0.2) is 54.7 Å². The number of hydrogen-bond donors (Lipinski definition) is 1. The van der Waals surface area contributed by atoms with Crippen molar-refractivity contribution < 1.29 is 18.3 Å². The van der Waals surface area contributed by atoms with Crippen LogP contribution in [0.5, 0.6) is 5.75 Å². The van der Waals surface area contributed by atoms with E-state index in [1.165, 1.54) is 18.2 Å². The van der Waals surface area contributed by atoms with Crippen LogP contribution in [0.3, 0.4) is 0 Å². The molecule has 0 saturated carbocycles. The van der Waals surface area contributed by atoms with Crippen LogP contribution in [0, 0.1) is 6.92 Å². The summed E-state index contributed by atoms with van der Waals surface area (Å²) in [6.45, 7) is 2.53. The summed E-state index contributed by atoms with van der Waals surface area (Å²) in [4.78, 5) is 12.6. The lowest BCUT2D eigenvalue weighted by molar-refractivity contribution is 0.0175. The van der Waals surface area contributed by atoms with E-state index < -0.39 is 11.8 Å². The van der Waals surface area contributed by atoms with E-state index in [1.54, 1.807) is 43.1 Å². The minimum absolute atomic E-state index is 0.161. The summed E-state index contributed by atoms with van der Waals surface area (Å²) in [6, 6.07) is 12.9. The highest BCUT2D eigenvalue weighted by Crippen LogP contribution is 2.28. The first-order valence-corrected chi connectivity index (χ1v) is 8.28. The highest BCUT2D eigenvalue weighted by Gasteiger charge is 2.24. The lowest BCUT2D eigenvalue weighted by Gasteiger charge is -2.12. The van der Waals surface area contributed by atoms with Crippen molar-refractivity contribution in [2.24, 2.45) is 0 Å². The molecule has 5 nitrogen and oxygen atoms in total. The van der Waals surface area contributed by atoms with Crippen molar-refractivity contribution >= 4 is 11.6 Å². The predicted octanol–water partition coefficient (Wildman–Crippen LogP) is 4.55. The molecule has 0 atom stereocenters. The summed E-state index contributed by atoms with van der Waals surface area (Å²) in [5.74, 6) is -2.67. The van der Waals surface area contributed by atoms with Crippen molar-refractivity contribution in [2.45, 2.75) is 19.8 Å². The summed E-state index contributed by atoms with van der Waals surface area (Å²) >= 11 is 0. The number of nitrogens with zero attached hydrogens (tertiary/aromatic N) is 2. The molecule has 1 N–H and O–H groups in total. The Morgan fingerprint density at radius 3 is 2.52 bits per heavy atom. The summed E-state index contributed by atoms with van der Waals surface area (Å²) in [5.41, 5.74) is 1.80. The number of alkyl halides is 2. The minimum atomic E-state index is -2.98. The van der Waals surface area contributed by atoms with E-state index >= 15 is 0 Å². The predicted molar refractivity (Wildman–Crippen MR) is 98.8 cm³/mol. The van der Waals surface area contributed by atoms with E-state index in [-0.39, 0.29) is 5.56 Å². The third kappa shape index (κ3) is 4.13. The summed E-state index contributed by atoms with van der Waals surface area (Å²) in [6.07, 6.45) is 1.60. The molecule has 2 aromatic carbocycles. The topological polar surface area (TPSA) is 56.1 Å². The molecule has 1 heterocycles. The molecule has 140 valence electrons. The molecule has 1 amide bonds. The minimum Gasteiger partial charge on any atom is -0.497 e. The average molecular weight is 371 g/mol. The van der Waals surface area contributed by atoms with E-state index in [0.717, 1.165) is 12.6 Å². The number of rotatable bonds is 5. The Balaban J connectivity index is 1.82. The van der Waals surface area contributed by atoms with E-state index in [1.807, 2.05) is 12.1 Å². The Morgan fingerprint density at radius 2 is 1.89 bits per heavy atom. The maximum absolute atomic E-state index is 13.5. The molecule has 0 bridgehead atoms. The SMILES string of the molecule is COc1ccc(-n2cc(C(=O)Nc3cccc(C(C)(F)F)c3)c(C)n2)cc1. The third-order valence-electron chi connectivity index (χ3n) is 4.11. The summed E-state index contributed by atoms with van der Waals surface area (Å²) in [7, 11) is 1.58. The molecule has 7 heteroatoms. The van der Waals surface area contributed by atoms with Gasteiger partial charge >= 0.3 is 0 Å². The van der Waals surface area contributed by atoms with Crippen LogP contribution in [0.2, 0.25) is 0 Å². The third-order valence-corrected chi connectivity index (χ3v) is 4.11. The van der Waals surface area contributed by atoms with E-state index in [2.05, 4.69) is 10.4 Å². The van der Waals surface area contributed by atoms with Gasteiger partial charge in [-0.05, 0) is 43.3 Å². The lowest BCUT2D eigenvalue weighted by Crippen LogP contribution is -2.14. The maximum atomic E-state index is 13.5. The monoisotopic (exact) mass is 371 g/mol. The molecular weight excluding hydrogens is 352 g/mol. The molecule has 0 aliphatic heterocycles. The van der Waals surface area contributed by atoms with Gasteiger partial charge in [0.15, 0.2) is 0 Å². The zero-order chi connectivity index (χ0) is 19.6. The number of halogens is 2. The Morgan fingerprint density at radius 1 is 1.19 bits per heavy atom. The molecule has 27 heavy (non-hydrogen) atoms. The van der Waals surface area contributed by atoms with Crippen LogP contribution in [0.4, 0.5) is 14.5 Å². The number of carbonyl (C=O) groups is 1. The number of hydrogen-bond acceptors (Lipinski definition) is 3. The summed E-state index contributed by atoms with van der Waals surface area (Å²) in [5, 5.41) is 7.00. The fraction of sp³-hybridized carbons (Fsp3) is 0.200. The molecule has 0 radical (unpaired) electrons. The lowest BCUT2D eigenvalue weighted by atomic mass is 10.1. The Kier molecular flexibility index (Phi) is 4.94. The van der Waals surface area contributed by atoms with Crippen molar-refractivity contribution in [3.05, 3.63) is 71.5 Å². The van der Waals surface area contributed by atoms with Gasteiger partial charge in [-0.15, -0.1) is 0 Å². The first-order chi connectivity index (χ1) is 12.8. The largest absolute Gasteiger partial charge is 0.497 e. The van der Waals surface area contributed by atoms with E-state index in [4.69, 9.17) is 4.74 Å². The second-order valence-corrected chi connectivity index (χ2v) is 6.19. The number of ether oxygens (including phenoxy) is 1. The zero-order valence-electron chi connectivity index (χ0n) is 15.2. The number of amides is 1. The highest BCUT2D eigenvalue weighted by atomic mass is 19.3. The van der Waals surface area contributed by atoms with Gasteiger partial charge in [0.1, 0.15) is 5.75 Å². The molecule has 0 aliphatic carbocycles. The first-order valence-electron chi connectivity index (χ1n) is 8.28. The van der Waals surface area contributed by atoms with Gasteiger partial charge in [0.05, 0.1) is 24.1 Å². The Bertz CT molecular complexity index is 960. The van der Waals surface area contributed by atoms with Crippen molar-refractivity contribution in [3.8, 4) is 11.4 Å². The Hall–Kier alpha value is -3.22. The number of anilines is 1. The zero-order valence-corrected chi connectivity index (χ0v) is 15.2. The van der Waals surface area contributed by atoms with Crippen molar-refractivity contribution in [3.63, 3.8) is 0 Å². The molecule has 3 aromatic rings. The molecule has 0 fully saturated rings.